The average Bonchev–Trinajstić information content (AvgIpc) is 2.76. The largest absolute Gasteiger partial charge is 0.383 e. The van der Waals surface area contributed by atoms with E-state index >= 15 is 0 Å². The molecule has 96 valence electrons. The fourth-order valence-corrected chi connectivity index (χ4v) is 3.15. The molecule has 0 aliphatic carbocycles. The van der Waals surface area contributed by atoms with Crippen LogP contribution in [0.25, 0.3) is 0 Å². The van der Waals surface area contributed by atoms with Crippen molar-refractivity contribution < 1.29 is 8.42 Å². The summed E-state index contributed by atoms with van der Waals surface area (Å²) in [7, 11) is -3.72. The Morgan fingerprint density at radius 2 is 2.11 bits per heavy atom. The van der Waals surface area contributed by atoms with Crippen LogP contribution >= 0.6 is 11.8 Å². The van der Waals surface area contributed by atoms with Crippen molar-refractivity contribution in [3.63, 3.8) is 0 Å². The van der Waals surface area contributed by atoms with Crippen molar-refractivity contribution in [3.8, 4) is 0 Å². The molecule has 18 heavy (non-hydrogen) atoms. The maximum absolute atomic E-state index is 12.1. The lowest BCUT2D eigenvalue weighted by molar-refractivity contribution is 0.601. The van der Waals surface area contributed by atoms with Crippen LogP contribution < -0.4 is 10.5 Å². The van der Waals surface area contributed by atoms with Crippen LogP contribution in [-0.2, 0) is 10.0 Å². The second-order valence-corrected chi connectivity index (χ2v) is 5.95. The molecule has 0 saturated heterocycles. The first kappa shape index (κ1) is 12.8. The van der Waals surface area contributed by atoms with Crippen LogP contribution in [0.2, 0.25) is 0 Å². The number of rotatable bonds is 4. The summed E-state index contributed by atoms with van der Waals surface area (Å²) in [5.41, 5.74) is 6.03. The number of aromatic nitrogens is 2. The van der Waals surface area contributed by atoms with E-state index in [0.717, 1.165) is 4.90 Å². The van der Waals surface area contributed by atoms with E-state index in [9.17, 15) is 8.42 Å². The van der Waals surface area contributed by atoms with E-state index in [4.69, 9.17) is 5.73 Å². The summed E-state index contributed by atoms with van der Waals surface area (Å²) in [6.45, 7) is 0. The molecular weight excluding hydrogens is 272 g/mol. The number of sulfonamides is 1. The second kappa shape index (κ2) is 4.91. The van der Waals surface area contributed by atoms with Crippen LogP contribution in [0.1, 0.15) is 0 Å². The number of nitrogens with one attached hydrogen (secondary N) is 2. The number of hydrogen-bond donors (Lipinski definition) is 3. The van der Waals surface area contributed by atoms with Gasteiger partial charge in [-0.05, 0) is 18.4 Å². The summed E-state index contributed by atoms with van der Waals surface area (Å²) >= 11 is 1.46. The molecule has 0 amide bonds. The molecule has 0 unspecified atom stereocenters. The SMILES string of the molecule is CSc1ccccc1NS(=O)(=O)c1cn[nH]c1N. The quantitative estimate of drug-likeness (QED) is 0.739. The molecule has 0 radical (unpaired) electrons. The van der Waals surface area contributed by atoms with Gasteiger partial charge in [0.15, 0.2) is 0 Å². The fourth-order valence-electron chi connectivity index (χ4n) is 1.43. The minimum Gasteiger partial charge on any atom is -0.383 e. The minimum absolute atomic E-state index is 0.0177. The van der Waals surface area contributed by atoms with Gasteiger partial charge in [0, 0.05) is 4.90 Å². The Hall–Kier alpha value is -1.67. The third kappa shape index (κ3) is 2.44. The van der Waals surface area contributed by atoms with Crippen molar-refractivity contribution in [2.45, 2.75) is 9.79 Å². The highest BCUT2D eigenvalue weighted by molar-refractivity contribution is 7.99. The number of nitrogens with zero attached hydrogens (tertiary/aromatic N) is 1. The first-order chi connectivity index (χ1) is 8.54. The van der Waals surface area contributed by atoms with E-state index in [-0.39, 0.29) is 10.7 Å². The van der Waals surface area contributed by atoms with Gasteiger partial charge >= 0.3 is 0 Å². The lowest BCUT2D eigenvalue weighted by atomic mass is 10.3. The topological polar surface area (TPSA) is 101 Å². The van der Waals surface area contributed by atoms with Crippen LogP contribution in [0.4, 0.5) is 11.5 Å². The molecule has 2 rings (SSSR count). The summed E-state index contributed by atoms with van der Waals surface area (Å²) in [5, 5.41) is 5.99. The van der Waals surface area contributed by atoms with Gasteiger partial charge in [-0.2, -0.15) is 5.10 Å². The molecule has 0 aliphatic heterocycles. The Morgan fingerprint density at radius 3 is 2.72 bits per heavy atom. The predicted molar refractivity (Wildman–Crippen MR) is 72.0 cm³/mol. The Morgan fingerprint density at radius 1 is 1.39 bits per heavy atom. The monoisotopic (exact) mass is 284 g/mol. The van der Waals surface area contributed by atoms with Crippen molar-refractivity contribution in [2.24, 2.45) is 0 Å². The van der Waals surface area contributed by atoms with Gasteiger partial charge in [-0.15, -0.1) is 11.8 Å². The molecule has 4 N–H and O–H groups in total. The lowest BCUT2D eigenvalue weighted by Gasteiger charge is -2.10. The zero-order valence-corrected chi connectivity index (χ0v) is 11.2. The van der Waals surface area contributed by atoms with Crippen LogP contribution in [0.5, 0.6) is 0 Å². The van der Waals surface area contributed by atoms with Crippen molar-refractivity contribution in [3.05, 3.63) is 30.5 Å². The smallest absolute Gasteiger partial charge is 0.267 e. The first-order valence-electron chi connectivity index (χ1n) is 4.99. The normalized spacial score (nSPS) is 11.4. The molecule has 1 heterocycles. The average molecular weight is 284 g/mol. The number of H-pyrrole nitrogens is 1. The van der Waals surface area contributed by atoms with Gasteiger partial charge in [-0.1, -0.05) is 12.1 Å². The molecule has 0 fully saturated rings. The molecule has 0 spiro atoms. The Labute approximate surface area is 109 Å². The predicted octanol–water partition coefficient (Wildman–Crippen LogP) is 1.51. The van der Waals surface area contributed by atoms with Crippen molar-refractivity contribution in [1.82, 2.24) is 10.2 Å². The highest BCUT2D eigenvalue weighted by Crippen LogP contribution is 2.27. The van der Waals surface area contributed by atoms with E-state index in [1.807, 2.05) is 18.4 Å². The van der Waals surface area contributed by atoms with E-state index in [0.29, 0.717) is 5.69 Å². The number of aromatic amines is 1. The zero-order valence-electron chi connectivity index (χ0n) is 9.54. The summed E-state index contributed by atoms with van der Waals surface area (Å²) in [4.78, 5) is 0.779. The number of benzene rings is 1. The third-order valence-electron chi connectivity index (χ3n) is 2.27. The molecule has 1 aromatic carbocycles. The number of para-hydroxylation sites is 1. The number of thioether (sulfide) groups is 1. The van der Waals surface area contributed by atoms with Gasteiger partial charge in [0.2, 0.25) is 0 Å². The van der Waals surface area contributed by atoms with E-state index < -0.39 is 10.0 Å². The lowest BCUT2D eigenvalue weighted by Crippen LogP contribution is -2.14. The van der Waals surface area contributed by atoms with Crippen LogP contribution in [0.3, 0.4) is 0 Å². The Kier molecular flexibility index (Phi) is 3.48. The van der Waals surface area contributed by atoms with Crippen LogP contribution in [0, 0.1) is 0 Å². The maximum Gasteiger partial charge on any atom is 0.267 e. The first-order valence-corrected chi connectivity index (χ1v) is 7.70. The Bertz CT molecular complexity index is 651. The molecule has 0 aliphatic rings. The zero-order chi connectivity index (χ0) is 13.2. The highest BCUT2D eigenvalue weighted by atomic mass is 32.2. The third-order valence-corrected chi connectivity index (χ3v) is 4.46. The van der Waals surface area contributed by atoms with Crippen LogP contribution in [0.15, 0.2) is 40.3 Å². The highest BCUT2D eigenvalue weighted by Gasteiger charge is 2.20. The van der Waals surface area contributed by atoms with Gasteiger partial charge in [0.05, 0.1) is 11.9 Å². The second-order valence-electron chi connectivity index (χ2n) is 3.45. The number of nitrogen functional groups attached to an aromatic ring is 1. The fraction of sp³-hybridized carbons (Fsp3) is 0.100. The standard InChI is InChI=1S/C10H12N4O2S2/c1-17-8-5-3-2-4-7(8)14-18(15,16)9-6-12-13-10(9)11/h2-6,14H,1H3,(H3,11,12,13). The van der Waals surface area contributed by atoms with Gasteiger partial charge in [-0.3, -0.25) is 9.82 Å². The summed E-state index contributed by atoms with van der Waals surface area (Å²) in [6.07, 6.45) is 3.05. The summed E-state index contributed by atoms with van der Waals surface area (Å²) in [5.74, 6) is 0.0177. The molecular formula is C10H12N4O2S2. The molecule has 8 heteroatoms. The van der Waals surface area contributed by atoms with Gasteiger partial charge < -0.3 is 5.73 Å². The molecule has 1 aromatic heterocycles. The molecule has 0 bridgehead atoms. The van der Waals surface area contributed by atoms with Gasteiger partial charge in [0.25, 0.3) is 10.0 Å². The molecule has 0 atom stereocenters. The van der Waals surface area contributed by atoms with Gasteiger partial charge in [-0.25, -0.2) is 8.42 Å². The molecule has 6 nitrogen and oxygen atoms in total. The van der Waals surface area contributed by atoms with E-state index in [1.54, 1.807) is 12.1 Å². The molecule has 2 aromatic rings. The van der Waals surface area contributed by atoms with Crippen molar-refractivity contribution >= 4 is 33.3 Å². The van der Waals surface area contributed by atoms with E-state index in [2.05, 4.69) is 14.9 Å². The number of hydrogen-bond acceptors (Lipinski definition) is 5. The van der Waals surface area contributed by atoms with Gasteiger partial charge in [0.1, 0.15) is 10.7 Å². The number of nitrogens with two attached hydrogens (primary N) is 1. The Balaban J connectivity index is 2.37. The maximum atomic E-state index is 12.1. The minimum atomic E-state index is -3.72. The molecule has 0 saturated carbocycles. The number of anilines is 2. The van der Waals surface area contributed by atoms with Crippen LogP contribution in [-0.4, -0.2) is 24.9 Å². The van der Waals surface area contributed by atoms with Crippen molar-refractivity contribution in [2.75, 3.05) is 16.7 Å². The summed E-state index contributed by atoms with van der Waals surface area (Å²) in [6, 6.07) is 7.13. The summed E-state index contributed by atoms with van der Waals surface area (Å²) < 4.78 is 26.7. The van der Waals surface area contributed by atoms with E-state index in [1.165, 1.54) is 18.0 Å². The van der Waals surface area contributed by atoms with Crippen molar-refractivity contribution in [1.29, 1.82) is 0 Å².